The van der Waals surface area contributed by atoms with E-state index in [1.54, 1.807) is 0 Å². The van der Waals surface area contributed by atoms with Crippen LogP contribution in [0.3, 0.4) is 0 Å². The molecule has 12 heavy (non-hydrogen) atoms. The van der Waals surface area contributed by atoms with Crippen LogP contribution in [0.15, 0.2) is 11.5 Å². The van der Waals surface area contributed by atoms with Gasteiger partial charge < -0.3 is 4.74 Å². The third-order valence-corrected chi connectivity index (χ3v) is 2.49. The molecule has 0 aliphatic heterocycles. The van der Waals surface area contributed by atoms with Crippen molar-refractivity contribution in [2.24, 2.45) is 5.92 Å². The molecule has 0 aromatic rings. The molecule has 0 aromatic carbocycles. The number of methoxy groups -OCH3 is 1. The molecule has 0 spiro atoms. The summed E-state index contributed by atoms with van der Waals surface area (Å²) in [5.41, 5.74) is 0. The van der Waals surface area contributed by atoms with Crippen LogP contribution >= 0.6 is 0 Å². The third kappa shape index (κ3) is 6.09. The highest BCUT2D eigenvalue weighted by molar-refractivity contribution is 7.88. The van der Waals surface area contributed by atoms with E-state index in [4.69, 9.17) is 0 Å². The molecule has 0 radical (unpaired) electrons. The molecule has 70 valence electrons. The molecule has 0 N–H and O–H groups in total. The van der Waals surface area contributed by atoms with E-state index in [0.29, 0.717) is 11.7 Å². The van der Waals surface area contributed by atoms with Crippen LogP contribution in [0.25, 0.3) is 0 Å². The molecular weight excluding hydrogens is 176 g/mol. The van der Waals surface area contributed by atoms with Crippen molar-refractivity contribution >= 4 is 16.8 Å². The van der Waals surface area contributed by atoms with Gasteiger partial charge in [0.15, 0.2) is 0 Å². The minimum absolute atomic E-state index is 0.369. The van der Waals surface area contributed by atoms with Gasteiger partial charge >= 0.3 is 5.97 Å². The zero-order valence-corrected chi connectivity index (χ0v) is 8.39. The molecule has 1 unspecified atom stereocenters. The monoisotopic (exact) mass is 190 g/mol. The van der Waals surface area contributed by atoms with Gasteiger partial charge in [0.2, 0.25) is 0 Å². The van der Waals surface area contributed by atoms with Gasteiger partial charge in [-0.15, -0.1) is 0 Å². The fraction of sp³-hybridized carbons (Fsp3) is 0.625. The van der Waals surface area contributed by atoms with Gasteiger partial charge in [-0.05, 0) is 5.92 Å². The van der Waals surface area contributed by atoms with Gasteiger partial charge in [0.1, 0.15) is 0 Å². The summed E-state index contributed by atoms with van der Waals surface area (Å²) < 4.78 is 15.4. The maximum absolute atomic E-state index is 11.1. The third-order valence-electron chi connectivity index (χ3n) is 1.05. The second-order valence-electron chi connectivity index (χ2n) is 2.77. The summed E-state index contributed by atoms with van der Waals surface area (Å²) in [7, 11) is 0.236. The van der Waals surface area contributed by atoms with E-state index in [2.05, 4.69) is 4.74 Å². The van der Waals surface area contributed by atoms with Crippen LogP contribution in [0.2, 0.25) is 0 Å². The fourth-order valence-electron chi connectivity index (χ4n) is 0.584. The Bertz CT molecular complexity index is 196. The van der Waals surface area contributed by atoms with Crippen LogP contribution in [0, 0.1) is 5.92 Å². The number of hydrogen-bond acceptors (Lipinski definition) is 3. The summed E-state index contributed by atoms with van der Waals surface area (Å²) in [6.07, 6.45) is 1.19. The summed E-state index contributed by atoms with van der Waals surface area (Å²) in [6.45, 7) is 3.95. The minimum Gasteiger partial charge on any atom is -0.466 e. The molecule has 0 rings (SSSR count). The second kappa shape index (κ2) is 5.94. The van der Waals surface area contributed by atoms with Crippen LogP contribution < -0.4 is 0 Å². The minimum atomic E-state index is -1.05. The summed E-state index contributed by atoms with van der Waals surface area (Å²) in [6, 6.07) is 0. The number of esters is 1. The molecule has 0 fully saturated rings. The number of carbonyl (C=O) groups excluding carboxylic acids is 1. The van der Waals surface area contributed by atoms with Crippen molar-refractivity contribution in [1.82, 2.24) is 0 Å². The molecule has 3 nitrogen and oxygen atoms in total. The molecule has 0 aliphatic carbocycles. The van der Waals surface area contributed by atoms with Gasteiger partial charge in [-0.1, -0.05) is 13.8 Å². The van der Waals surface area contributed by atoms with Gasteiger partial charge in [0, 0.05) is 28.0 Å². The van der Waals surface area contributed by atoms with Crippen LogP contribution in [0.1, 0.15) is 13.8 Å². The topological polar surface area (TPSA) is 43.4 Å². The maximum Gasteiger partial charge on any atom is 0.331 e. The average molecular weight is 190 g/mol. The standard InChI is InChI=1S/C8H14O3S/c1-7(2)6-12(10)5-4-8(9)11-3/h4-5,7H,6H2,1-3H3/b5-4+. The van der Waals surface area contributed by atoms with Crippen molar-refractivity contribution in [3.63, 3.8) is 0 Å². The fourth-order valence-corrected chi connectivity index (χ4v) is 1.61. The Morgan fingerprint density at radius 1 is 1.58 bits per heavy atom. The molecular formula is C8H14O3S. The Morgan fingerprint density at radius 3 is 2.58 bits per heavy atom. The quantitative estimate of drug-likeness (QED) is 0.492. The molecule has 0 heterocycles. The van der Waals surface area contributed by atoms with Crippen LogP contribution in [0.4, 0.5) is 0 Å². The molecule has 0 bridgehead atoms. The zero-order valence-electron chi connectivity index (χ0n) is 7.57. The van der Waals surface area contributed by atoms with Crippen molar-refractivity contribution in [2.45, 2.75) is 13.8 Å². The van der Waals surface area contributed by atoms with Crippen molar-refractivity contribution in [3.05, 3.63) is 11.5 Å². The van der Waals surface area contributed by atoms with Crippen LogP contribution in [-0.2, 0) is 20.3 Å². The lowest BCUT2D eigenvalue weighted by Crippen LogP contribution is -2.02. The Kier molecular flexibility index (Phi) is 5.62. The average Bonchev–Trinajstić information content (AvgIpc) is 1.99. The Morgan fingerprint density at radius 2 is 2.17 bits per heavy atom. The number of carbonyl (C=O) groups is 1. The van der Waals surface area contributed by atoms with Gasteiger partial charge in [-0.25, -0.2) is 4.79 Å². The molecule has 1 atom stereocenters. The first kappa shape index (κ1) is 11.4. The van der Waals surface area contributed by atoms with Crippen molar-refractivity contribution in [2.75, 3.05) is 12.9 Å². The lowest BCUT2D eigenvalue weighted by molar-refractivity contribution is -0.134. The smallest absolute Gasteiger partial charge is 0.331 e. The molecule has 0 saturated carbocycles. The van der Waals surface area contributed by atoms with Gasteiger partial charge in [-0.2, -0.15) is 0 Å². The highest BCUT2D eigenvalue weighted by Crippen LogP contribution is 1.97. The highest BCUT2D eigenvalue weighted by atomic mass is 32.2. The van der Waals surface area contributed by atoms with Gasteiger partial charge in [-0.3, -0.25) is 4.21 Å². The first-order chi connectivity index (χ1) is 5.56. The summed E-state index contributed by atoms with van der Waals surface area (Å²) in [5, 5.41) is 1.37. The number of ether oxygens (including phenoxy) is 1. The van der Waals surface area contributed by atoms with E-state index in [-0.39, 0.29) is 0 Å². The van der Waals surface area contributed by atoms with Crippen LogP contribution in [0.5, 0.6) is 0 Å². The van der Waals surface area contributed by atoms with Crippen LogP contribution in [-0.4, -0.2) is 23.0 Å². The van der Waals surface area contributed by atoms with E-state index >= 15 is 0 Å². The Balaban J connectivity index is 3.83. The molecule has 0 aromatic heterocycles. The Labute approximate surface area is 75.3 Å². The summed E-state index contributed by atoms with van der Waals surface area (Å²) >= 11 is 0. The lowest BCUT2D eigenvalue weighted by Gasteiger charge is -1.98. The van der Waals surface area contributed by atoms with Crippen molar-refractivity contribution < 1.29 is 13.7 Å². The van der Waals surface area contributed by atoms with E-state index < -0.39 is 16.8 Å². The van der Waals surface area contributed by atoms with Gasteiger partial charge in [0.05, 0.1) is 7.11 Å². The summed E-state index contributed by atoms with van der Waals surface area (Å²) in [5.74, 6) is 0.480. The maximum atomic E-state index is 11.1. The SMILES string of the molecule is COC(=O)/C=C/S(=O)CC(C)C. The molecule has 0 amide bonds. The second-order valence-corrected chi connectivity index (χ2v) is 4.13. The van der Waals surface area contributed by atoms with Crippen molar-refractivity contribution in [1.29, 1.82) is 0 Å². The van der Waals surface area contributed by atoms with Gasteiger partial charge in [0.25, 0.3) is 0 Å². The molecule has 0 saturated heterocycles. The summed E-state index contributed by atoms with van der Waals surface area (Å²) in [4.78, 5) is 10.6. The van der Waals surface area contributed by atoms with E-state index in [1.807, 2.05) is 13.8 Å². The Hall–Kier alpha value is -0.640. The molecule has 4 heteroatoms. The largest absolute Gasteiger partial charge is 0.466 e. The first-order valence-corrected chi connectivity index (χ1v) is 5.07. The zero-order chi connectivity index (χ0) is 9.56. The lowest BCUT2D eigenvalue weighted by atomic mass is 10.3. The van der Waals surface area contributed by atoms with E-state index in [0.717, 1.165) is 0 Å². The van der Waals surface area contributed by atoms with Crippen molar-refractivity contribution in [3.8, 4) is 0 Å². The van der Waals surface area contributed by atoms with E-state index in [9.17, 15) is 9.00 Å². The normalized spacial score (nSPS) is 13.7. The first-order valence-electron chi connectivity index (χ1n) is 3.69. The highest BCUT2D eigenvalue weighted by Gasteiger charge is 1.99. The number of hydrogen-bond donors (Lipinski definition) is 0. The number of rotatable bonds is 4. The molecule has 0 aliphatic rings. The predicted octanol–water partition coefficient (Wildman–Crippen LogP) is 1.08. The predicted molar refractivity (Wildman–Crippen MR) is 49.0 cm³/mol. The van der Waals surface area contributed by atoms with E-state index in [1.165, 1.54) is 18.6 Å².